The van der Waals surface area contributed by atoms with E-state index in [9.17, 15) is 0 Å². The second kappa shape index (κ2) is 10.6. The summed E-state index contributed by atoms with van der Waals surface area (Å²) >= 11 is 0. The third-order valence-corrected chi connectivity index (χ3v) is 9.60. The molecule has 2 heterocycles. The molecule has 0 saturated heterocycles. The predicted octanol–water partition coefficient (Wildman–Crippen LogP) is 8.52. The van der Waals surface area contributed by atoms with E-state index >= 15 is 0 Å². The fourth-order valence-corrected chi connectivity index (χ4v) is 7.64. The molecule has 1 unspecified atom stereocenters. The summed E-state index contributed by atoms with van der Waals surface area (Å²) in [5.41, 5.74) is 15.5. The standard InChI is InChI=1S/C42H31BN2/c1-4-14-30(15-5-1)32-18-12-21-35(28-32)45-38-23-11-10-22-36(38)43-37-27-26-33(31-16-6-2-7-17-31)29-41(37)44(34-19-8-3-9-20-34)39-24-13-25-40(45)42(39)43/h1-27,29,35H,28H2. The maximum atomic E-state index is 2.60. The molecule has 2 nitrogen and oxygen atoms in total. The van der Waals surface area contributed by atoms with Crippen molar-refractivity contribution in [3.8, 4) is 11.1 Å². The van der Waals surface area contributed by atoms with E-state index in [0.717, 1.165) is 6.42 Å². The van der Waals surface area contributed by atoms with E-state index in [4.69, 9.17) is 0 Å². The molecule has 0 aromatic heterocycles. The van der Waals surface area contributed by atoms with Crippen LogP contribution in [0.5, 0.6) is 0 Å². The van der Waals surface area contributed by atoms with Crippen molar-refractivity contribution in [1.29, 1.82) is 0 Å². The first-order valence-electron chi connectivity index (χ1n) is 15.8. The van der Waals surface area contributed by atoms with Crippen LogP contribution in [0.2, 0.25) is 0 Å². The van der Waals surface area contributed by atoms with Gasteiger partial charge >= 0.3 is 0 Å². The lowest BCUT2D eigenvalue weighted by Crippen LogP contribution is -2.62. The fourth-order valence-electron chi connectivity index (χ4n) is 7.64. The van der Waals surface area contributed by atoms with Gasteiger partial charge in [0, 0.05) is 28.4 Å². The van der Waals surface area contributed by atoms with Crippen molar-refractivity contribution < 1.29 is 0 Å². The van der Waals surface area contributed by atoms with Crippen LogP contribution in [0.3, 0.4) is 0 Å². The first-order chi connectivity index (χ1) is 22.3. The highest BCUT2D eigenvalue weighted by molar-refractivity contribution is 7.00. The summed E-state index contributed by atoms with van der Waals surface area (Å²) in [6, 6.07) is 55.6. The molecule has 0 bridgehead atoms. The molecule has 1 atom stereocenters. The summed E-state index contributed by atoms with van der Waals surface area (Å²) in [7, 11) is 0. The van der Waals surface area contributed by atoms with E-state index in [1.807, 2.05) is 0 Å². The predicted molar refractivity (Wildman–Crippen MR) is 192 cm³/mol. The second-order valence-corrected chi connectivity index (χ2v) is 12.1. The lowest BCUT2D eigenvalue weighted by molar-refractivity contribution is 0.797. The molecular formula is C42H31BN2. The minimum atomic E-state index is 0.139. The van der Waals surface area contributed by atoms with Crippen LogP contribution < -0.4 is 26.2 Å². The van der Waals surface area contributed by atoms with Gasteiger partial charge in [-0.25, -0.2) is 0 Å². The zero-order valence-electron chi connectivity index (χ0n) is 24.9. The molecule has 0 saturated carbocycles. The molecule has 0 amide bonds. The Balaban J connectivity index is 1.25. The largest absolute Gasteiger partial charge is 0.335 e. The number of hydrogen-bond acceptors (Lipinski definition) is 2. The fraction of sp³-hybridized carbons (Fsp3) is 0.0476. The third kappa shape index (κ3) is 4.19. The van der Waals surface area contributed by atoms with Gasteiger partial charge in [-0.1, -0.05) is 133 Å². The van der Waals surface area contributed by atoms with Gasteiger partial charge in [-0.3, -0.25) is 0 Å². The number of rotatable bonds is 4. The zero-order chi connectivity index (χ0) is 29.7. The van der Waals surface area contributed by atoms with E-state index < -0.39 is 0 Å². The summed E-state index contributed by atoms with van der Waals surface area (Å²) < 4.78 is 0. The van der Waals surface area contributed by atoms with E-state index in [0.29, 0.717) is 0 Å². The van der Waals surface area contributed by atoms with Gasteiger partial charge in [0.25, 0.3) is 6.71 Å². The van der Waals surface area contributed by atoms with E-state index in [2.05, 4.69) is 180 Å². The van der Waals surface area contributed by atoms with Gasteiger partial charge in [0.15, 0.2) is 0 Å². The average Bonchev–Trinajstić information content (AvgIpc) is 3.12. The van der Waals surface area contributed by atoms with Crippen molar-refractivity contribution in [3.63, 3.8) is 0 Å². The SMILES string of the molecule is C1=CC(N2c3ccccc3B3c4ccc(-c5ccccc5)cc4N(c4ccccc4)c4cccc2c43)CC(c2ccccc2)=C1. The number of para-hydroxylation sites is 2. The molecule has 0 N–H and O–H groups in total. The van der Waals surface area contributed by atoms with Crippen LogP contribution in [0.25, 0.3) is 16.7 Å². The summed E-state index contributed by atoms with van der Waals surface area (Å²) in [6.07, 6.45) is 7.85. The van der Waals surface area contributed by atoms with E-state index in [-0.39, 0.29) is 12.8 Å². The summed E-state index contributed by atoms with van der Waals surface area (Å²) in [6.45, 7) is 0.139. The molecule has 0 fully saturated rings. The summed E-state index contributed by atoms with van der Waals surface area (Å²) in [5.74, 6) is 0. The molecule has 212 valence electrons. The molecule has 6 aromatic carbocycles. The van der Waals surface area contributed by atoms with Crippen molar-refractivity contribution in [2.75, 3.05) is 9.80 Å². The molecule has 0 radical (unpaired) electrons. The molecule has 3 heteroatoms. The van der Waals surface area contributed by atoms with Crippen LogP contribution in [0.4, 0.5) is 28.4 Å². The Morgan fingerprint density at radius 2 is 1.16 bits per heavy atom. The highest BCUT2D eigenvalue weighted by Gasteiger charge is 2.43. The maximum Gasteiger partial charge on any atom is 0.252 e. The molecule has 45 heavy (non-hydrogen) atoms. The highest BCUT2D eigenvalue weighted by Crippen LogP contribution is 2.44. The highest BCUT2D eigenvalue weighted by atomic mass is 15.2. The molecule has 9 rings (SSSR count). The van der Waals surface area contributed by atoms with Crippen LogP contribution >= 0.6 is 0 Å². The third-order valence-electron chi connectivity index (χ3n) is 9.60. The Labute approximate surface area is 265 Å². The Morgan fingerprint density at radius 3 is 1.96 bits per heavy atom. The number of hydrogen-bond donors (Lipinski definition) is 0. The lowest BCUT2D eigenvalue weighted by atomic mass is 9.33. The van der Waals surface area contributed by atoms with Gasteiger partial charge in [-0.05, 0) is 81.5 Å². The van der Waals surface area contributed by atoms with Gasteiger partial charge in [0.1, 0.15) is 0 Å². The molecule has 6 aromatic rings. The maximum absolute atomic E-state index is 2.60. The average molecular weight is 575 g/mol. The Hall–Kier alpha value is -5.54. The number of allylic oxidation sites excluding steroid dienone is 2. The molecule has 2 aliphatic heterocycles. The van der Waals surface area contributed by atoms with Gasteiger partial charge in [-0.15, -0.1) is 0 Å². The van der Waals surface area contributed by atoms with Crippen molar-refractivity contribution in [3.05, 3.63) is 175 Å². The van der Waals surface area contributed by atoms with Crippen LogP contribution in [0.15, 0.2) is 170 Å². The monoisotopic (exact) mass is 574 g/mol. The number of nitrogens with zero attached hydrogens (tertiary/aromatic N) is 2. The topological polar surface area (TPSA) is 6.48 Å². The lowest BCUT2D eigenvalue weighted by Gasteiger charge is -2.46. The zero-order valence-corrected chi connectivity index (χ0v) is 24.9. The van der Waals surface area contributed by atoms with Crippen molar-refractivity contribution in [1.82, 2.24) is 0 Å². The van der Waals surface area contributed by atoms with Crippen LogP contribution in [0.1, 0.15) is 12.0 Å². The molecular weight excluding hydrogens is 543 g/mol. The normalized spacial score (nSPS) is 16.0. The Bertz CT molecular complexity index is 2100. The smallest absolute Gasteiger partial charge is 0.252 e. The number of fused-ring (bicyclic) bond motifs is 4. The second-order valence-electron chi connectivity index (χ2n) is 12.1. The molecule has 1 aliphatic carbocycles. The molecule has 0 spiro atoms. The van der Waals surface area contributed by atoms with Crippen LogP contribution in [0, 0.1) is 0 Å². The van der Waals surface area contributed by atoms with E-state index in [1.54, 1.807) is 0 Å². The van der Waals surface area contributed by atoms with Gasteiger partial charge in [0.05, 0.1) is 6.04 Å². The Kier molecular flexibility index (Phi) is 6.09. The van der Waals surface area contributed by atoms with Gasteiger partial charge < -0.3 is 9.80 Å². The Morgan fingerprint density at radius 1 is 0.511 bits per heavy atom. The molecule has 3 aliphatic rings. The van der Waals surface area contributed by atoms with Gasteiger partial charge in [-0.2, -0.15) is 0 Å². The number of benzene rings is 6. The van der Waals surface area contributed by atoms with Crippen LogP contribution in [-0.2, 0) is 0 Å². The first-order valence-corrected chi connectivity index (χ1v) is 15.8. The van der Waals surface area contributed by atoms with Crippen molar-refractivity contribution in [2.45, 2.75) is 12.5 Å². The van der Waals surface area contributed by atoms with Crippen molar-refractivity contribution >= 4 is 57.1 Å². The van der Waals surface area contributed by atoms with Crippen LogP contribution in [-0.4, -0.2) is 12.8 Å². The minimum absolute atomic E-state index is 0.139. The number of anilines is 5. The summed E-state index contributed by atoms with van der Waals surface area (Å²) in [4.78, 5) is 5.08. The minimum Gasteiger partial charge on any atom is -0.335 e. The van der Waals surface area contributed by atoms with Crippen molar-refractivity contribution in [2.24, 2.45) is 0 Å². The van der Waals surface area contributed by atoms with Gasteiger partial charge in [0.2, 0.25) is 0 Å². The first kappa shape index (κ1) is 25.9. The quantitative estimate of drug-likeness (QED) is 0.195. The summed E-state index contributed by atoms with van der Waals surface area (Å²) in [5, 5.41) is 0. The van der Waals surface area contributed by atoms with E-state index in [1.165, 1.54) is 67.1 Å².